The Hall–Kier alpha value is -0.570. The number of hydrogen-bond donors (Lipinski definition) is 2. The quantitative estimate of drug-likeness (QED) is 0.408. The van der Waals surface area contributed by atoms with E-state index in [1.54, 1.807) is 0 Å². The van der Waals surface area contributed by atoms with Crippen molar-refractivity contribution >= 4 is 41.5 Å². The summed E-state index contributed by atoms with van der Waals surface area (Å²) in [5, 5.41) is 7.68. The molecule has 134 valence electrons. The van der Waals surface area contributed by atoms with Crippen molar-refractivity contribution in [3.63, 3.8) is 0 Å². The standard InChI is InChI=1S/C17H26ClN5.HI/c1-13(14-4-3-5-15(18)10-14)21-17(19-2)20-11-16-12-22-6-8-23(16)9-7-22;/h3-5,10,13,16H,6-9,11-12H2,1-2H3,(H2,19,20,21);1H. The van der Waals surface area contributed by atoms with Gasteiger partial charge >= 0.3 is 0 Å². The molecule has 2 unspecified atom stereocenters. The van der Waals surface area contributed by atoms with Crippen molar-refractivity contribution in [1.82, 2.24) is 20.4 Å². The minimum atomic E-state index is 0. The summed E-state index contributed by atoms with van der Waals surface area (Å²) in [5.41, 5.74) is 1.16. The molecule has 1 aromatic carbocycles. The fourth-order valence-corrected chi connectivity index (χ4v) is 3.59. The molecule has 3 heterocycles. The van der Waals surface area contributed by atoms with Gasteiger partial charge in [-0.1, -0.05) is 23.7 Å². The van der Waals surface area contributed by atoms with Gasteiger partial charge in [-0.15, -0.1) is 24.0 Å². The highest BCUT2D eigenvalue weighted by Gasteiger charge is 2.31. The Kier molecular flexibility index (Phi) is 7.59. The van der Waals surface area contributed by atoms with E-state index in [0.29, 0.717) is 6.04 Å². The number of benzene rings is 1. The molecule has 3 aliphatic rings. The Morgan fingerprint density at radius 2 is 2.08 bits per heavy atom. The summed E-state index contributed by atoms with van der Waals surface area (Å²) in [5.74, 6) is 0.843. The average molecular weight is 464 g/mol. The lowest BCUT2D eigenvalue weighted by Gasteiger charge is -2.47. The molecule has 0 saturated carbocycles. The van der Waals surface area contributed by atoms with Gasteiger partial charge < -0.3 is 10.6 Å². The third-order valence-electron chi connectivity index (χ3n) is 4.82. The maximum atomic E-state index is 6.07. The second-order valence-electron chi connectivity index (χ2n) is 6.36. The van der Waals surface area contributed by atoms with E-state index in [4.69, 9.17) is 11.6 Å². The molecule has 2 bridgehead atoms. The van der Waals surface area contributed by atoms with Crippen LogP contribution in [0.4, 0.5) is 0 Å². The van der Waals surface area contributed by atoms with Crippen molar-refractivity contribution in [2.45, 2.75) is 19.0 Å². The SMILES string of the molecule is CN=C(NCC1CN2CCN1CC2)NC(C)c1cccc(Cl)c1.I. The van der Waals surface area contributed by atoms with E-state index in [1.807, 2.05) is 25.2 Å². The minimum absolute atomic E-state index is 0. The first-order valence-electron chi connectivity index (χ1n) is 8.35. The smallest absolute Gasteiger partial charge is 0.191 e. The molecule has 0 spiro atoms. The number of piperazine rings is 3. The predicted molar refractivity (Wildman–Crippen MR) is 112 cm³/mol. The predicted octanol–water partition coefficient (Wildman–Crippen LogP) is 2.18. The zero-order valence-corrected chi connectivity index (χ0v) is 17.4. The highest BCUT2D eigenvalue weighted by Crippen LogP contribution is 2.17. The van der Waals surface area contributed by atoms with E-state index in [-0.39, 0.29) is 30.0 Å². The molecule has 3 fully saturated rings. The third kappa shape index (κ3) is 4.97. The highest BCUT2D eigenvalue weighted by molar-refractivity contribution is 14.0. The first-order chi connectivity index (χ1) is 11.2. The van der Waals surface area contributed by atoms with Crippen molar-refractivity contribution in [3.05, 3.63) is 34.9 Å². The number of nitrogens with one attached hydrogen (secondary N) is 2. The molecule has 2 atom stereocenters. The molecule has 24 heavy (non-hydrogen) atoms. The molecule has 0 aromatic heterocycles. The molecule has 4 rings (SSSR count). The Bertz CT molecular complexity index is 560. The minimum Gasteiger partial charge on any atom is -0.355 e. The maximum absolute atomic E-state index is 6.07. The van der Waals surface area contributed by atoms with Crippen LogP contribution in [0.2, 0.25) is 5.02 Å². The molecule has 2 N–H and O–H groups in total. The Balaban J connectivity index is 0.00000208. The fourth-order valence-electron chi connectivity index (χ4n) is 3.39. The fraction of sp³-hybridized carbons (Fsp3) is 0.588. The number of guanidine groups is 1. The van der Waals surface area contributed by atoms with Crippen LogP contribution in [-0.2, 0) is 0 Å². The van der Waals surface area contributed by atoms with Crippen LogP contribution < -0.4 is 10.6 Å². The van der Waals surface area contributed by atoms with Crippen molar-refractivity contribution in [1.29, 1.82) is 0 Å². The lowest BCUT2D eigenvalue weighted by Crippen LogP contribution is -2.63. The number of nitrogens with zero attached hydrogens (tertiary/aromatic N) is 3. The van der Waals surface area contributed by atoms with Crippen molar-refractivity contribution in [2.24, 2.45) is 4.99 Å². The summed E-state index contributed by atoms with van der Waals surface area (Å²) >= 11 is 6.07. The van der Waals surface area contributed by atoms with Gasteiger partial charge in [0.1, 0.15) is 0 Å². The van der Waals surface area contributed by atoms with Gasteiger partial charge in [0.2, 0.25) is 0 Å². The summed E-state index contributed by atoms with van der Waals surface area (Å²) in [7, 11) is 1.82. The van der Waals surface area contributed by atoms with Crippen LogP contribution in [-0.4, -0.2) is 68.1 Å². The molecule has 7 heteroatoms. The Morgan fingerprint density at radius 3 is 2.67 bits per heavy atom. The maximum Gasteiger partial charge on any atom is 0.191 e. The summed E-state index contributed by atoms with van der Waals surface area (Å²) in [6.45, 7) is 9.03. The molecular formula is C17H27ClIN5. The molecule has 5 nitrogen and oxygen atoms in total. The average Bonchev–Trinajstić information content (AvgIpc) is 2.59. The van der Waals surface area contributed by atoms with E-state index in [0.717, 1.165) is 29.6 Å². The van der Waals surface area contributed by atoms with Gasteiger partial charge in [0.15, 0.2) is 5.96 Å². The molecular weight excluding hydrogens is 437 g/mol. The first kappa shape index (κ1) is 19.8. The lowest BCUT2D eigenvalue weighted by atomic mass is 10.1. The summed E-state index contributed by atoms with van der Waals surface area (Å²) in [4.78, 5) is 9.49. The Morgan fingerprint density at radius 1 is 1.33 bits per heavy atom. The number of aliphatic imine (C=N–C) groups is 1. The van der Waals surface area contributed by atoms with E-state index in [9.17, 15) is 0 Å². The van der Waals surface area contributed by atoms with Crippen molar-refractivity contribution < 1.29 is 0 Å². The lowest BCUT2D eigenvalue weighted by molar-refractivity contribution is 0.0154. The molecule has 1 aromatic rings. The van der Waals surface area contributed by atoms with Crippen LogP contribution in [0.25, 0.3) is 0 Å². The number of rotatable bonds is 4. The number of hydrogen-bond acceptors (Lipinski definition) is 3. The van der Waals surface area contributed by atoms with Gasteiger partial charge in [-0.2, -0.15) is 0 Å². The largest absolute Gasteiger partial charge is 0.355 e. The molecule has 0 aliphatic carbocycles. The number of fused-ring (bicyclic) bond motifs is 3. The first-order valence-corrected chi connectivity index (χ1v) is 8.72. The molecule has 0 radical (unpaired) electrons. The van der Waals surface area contributed by atoms with Crippen molar-refractivity contribution in [2.75, 3.05) is 46.3 Å². The zero-order chi connectivity index (χ0) is 16.2. The third-order valence-corrected chi connectivity index (χ3v) is 5.06. The van der Waals surface area contributed by atoms with Crippen molar-refractivity contribution in [3.8, 4) is 0 Å². The monoisotopic (exact) mass is 463 g/mol. The van der Waals surface area contributed by atoms with Crippen LogP contribution in [0.15, 0.2) is 29.3 Å². The van der Waals surface area contributed by atoms with Crippen LogP contribution in [0, 0.1) is 0 Å². The summed E-state index contributed by atoms with van der Waals surface area (Å²) in [6.07, 6.45) is 0. The van der Waals surface area contributed by atoms with Gasteiger partial charge in [0, 0.05) is 57.4 Å². The summed E-state index contributed by atoms with van der Waals surface area (Å²) in [6, 6.07) is 8.69. The van der Waals surface area contributed by atoms with Gasteiger partial charge in [-0.05, 0) is 24.6 Å². The van der Waals surface area contributed by atoms with E-state index in [2.05, 4.69) is 38.4 Å². The van der Waals surface area contributed by atoms with E-state index < -0.39 is 0 Å². The van der Waals surface area contributed by atoms with Crippen LogP contribution in [0.5, 0.6) is 0 Å². The topological polar surface area (TPSA) is 42.9 Å². The molecule has 3 saturated heterocycles. The normalized spacial score (nSPS) is 27.3. The van der Waals surface area contributed by atoms with Crippen LogP contribution in [0.1, 0.15) is 18.5 Å². The summed E-state index contributed by atoms with van der Waals surface area (Å²) < 4.78 is 0. The van der Waals surface area contributed by atoms with Crippen LogP contribution >= 0.6 is 35.6 Å². The van der Waals surface area contributed by atoms with Gasteiger partial charge in [-0.25, -0.2) is 0 Å². The van der Waals surface area contributed by atoms with E-state index in [1.165, 1.54) is 26.2 Å². The second kappa shape index (κ2) is 9.22. The highest BCUT2D eigenvalue weighted by atomic mass is 127. The van der Waals surface area contributed by atoms with E-state index >= 15 is 0 Å². The van der Waals surface area contributed by atoms with Gasteiger partial charge in [-0.3, -0.25) is 14.8 Å². The van der Waals surface area contributed by atoms with Crippen LogP contribution in [0.3, 0.4) is 0 Å². The molecule has 3 aliphatic heterocycles. The second-order valence-corrected chi connectivity index (χ2v) is 6.80. The molecule has 0 amide bonds. The zero-order valence-electron chi connectivity index (χ0n) is 14.3. The van der Waals surface area contributed by atoms with Gasteiger partial charge in [0.25, 0.3) is 0 Å². The number of halogens is 2. The Labute approximate surface area is 166 Å². The van der Waals surface area contributed by atoms with Gasteiger partial charge in [0.05, 0.1) is 6.04 Å².